The van der Waals surface area contributed by atoms with Crippen LogP contribution < -0.4 is 16.8 Å². The van der Waals surface area contributed by atoms with E-state index in [9.17, 15) is 8.78 Å². The van der Waals surface area contributed by atoms with E-state index in [0.29, 0.717) is 28.2 Å². The maximum atomic E-state index is 14.4. The number of fused-ring (bicyclic) bond motifs is 1. The summed E-state index contributed by atoms with van der Waals surface area (Å²) in [5, 5.41) is 3.40. The highest BCUT2D eigenvalue weighted by Gasteiger charge is 2.15. The quantitative estimate of drug-likeness (QED) is 0.408. The van der Waals surface area contributed by atoms with Crippen molar-refractivity contribution < 1.29 is 18.0 Å². The molecular weight excluding hydrogens is 424 g/mol. The van der Waals surface area contributed by atoms with Crippen LogP contribution in [0.5, 0.6) is 0 Å². The largest absolute Gasteiger partial charge is 0.464 e. The number of hydrogen-bond donors (Lipinski definition) is 3. The van der Waals surface area contributed by atoms with E-state index in [2.05, 4.69) is 26.8 Å². The predicted molar refractivity (Wildman–Crippen MR) is 118 cm³/mol. The molecule has 0 saturated heterocycles. The molecule has 5 N–H and O–H groups in total. The van der Waals surface area contributed by atoms with Gasteiger partial charge in [-0.25, -0.2) is 23.5 Å². The number of anilines is 2. The van der Waals surface area contributed by atoms with E-state index < -0.39 is 17.7 Å². The number of furan rings is 1. The number of carbonyl (C=O) groups is 1. The van der Waals surface area contributed by atoms with Crippen LogP contribution in [0.3, 0.4) is 0 Å². The number of halogens is 2. The van der Waals surface area contributed by atoms with E-state index in [1.807, 2.05) is 18.4 Å². The Morgan fingerprint density at radius 1 is 1.06 bits per heavy atom. The number of pyridine rings is 2. The van der Waals surface area contributed by atoms with Crippen molar-refractivity contribution in [2.45, 2.75) is 5.75 Å². The molecule has 1 aromatic carbocycles. The molecule has 0 aliphatic rings. The molecule has 4 aromatic rings. The Morgan fingerprint density at radius 2 is 1.81 bits per heavy atom. The van der Waals surface area contributed by atoms with Crippen molar-refractivity contribution in [3.8, 4) is 11.1 Å². The minimum atomic E-state index is -0.833. The Bertz CT molecular complexity index is 1210. The minimum Gasteiger partial charge on any atom is -0.464 e. The van der Waals surface area contributed by atoms with Gasteiger partial charge < -0.3 is 21.2 Å². The van der Waals surface area contributed by atoms with Crippen molar-refractivity contribution in [1.82, 2.24) is 9.97 Å². The second-order valence-corrected chi connectivity index (χ2v) is 7.18. The minimum absolute atomic E-state index is 0.271. The van der Waals surface area contributed by atoms with Crippen molar-refractivity contribution in [1.29, 1.82) is 0 Å². The fourth-order valence-electron chi connectivity index (χ4n) is 2.88. The van der Waals surface area contributed by atoms with Crippen molar-refractivity contribution in [2.24, 2.45) is 11.5 Å². The summed E-state index contributed by atoms with van der Waals surface area (Å²) in [6.07, 6.45) is 6.25. The van der Waals surface area contributed by atoms with Crippen LogP contribution in [0.15, 0.2) is 59.5 Å². The number of nitrogens with two attached hydrogens (primary N) is 2. The molecule has 0 aliphatic heterocycles. The van der Waals surface area contributed by atoms with Crippen LogP contribution in [-0.2, 0) is 5.75 Å². The molecule has 0 unspecified atom stereocenters. The van der Waals surface area contributed by atoms with E-state index in [4.69, 9.17) is 9.21 Å². The molecule has 2 amide bonds. The Labute approximate surface area is 180 Å². The van der Waals surface area contributed by atoms with Gasteiger partial charge in [-0.05, 0) is 48.2 Å². The summed E-state index contributed by atoms with van der Waals surface area (Å²) < 4.78 is 33.7. The lowest BCUT2D eigenvalue weighted by Crippen LogP contribution is -2.18. The number of primary amides is 2. The maximum absolute atomic E-state index is 14.4. The third-order valence-corrected chi connectivity index (χ3v) is 4.72. The third-order valence-electron chi connectivity index (χ3n) is 4.10. The van der Waals surface area contributed by atoms with Crippen molar-refractivity contribution >= 4 is 40.4 Å². The SMILES string of the molecule is CSCc1ccnc(Nc2cc(-c3ccc(F)c4ccoc34)c(F)cn2)c1.NC(N)=O. The monoisotopic (exact) mass is 443 g/mol. The van der Waals surface area contributed by atoms with Gasteiger partial charge in [0.15, 0.2) is 0 Å². The number of carbonyl (C=O) groups excluding carboxylic acids is 1. The number of urea groups is 1. The van der Waals surface area contributed by atoms with Crippen molar-refractivity contribution in [3.05, 3.63) is 72.3 Å². The molecule has 31 heavy (non-hydrogen) atoms. The van der Waals surface area contributed by atoms with Gasteiger partial charge in [-0.1, -0.05) is 0 Å². The summed E-state index contributed by atoms with van der Waals surface area (Å²) in [6.45, 7) is 0. The first kappa shape index (κ1) is 22.0. The van der Waals surface area contributed by atoms with Gasteiger partial charge in [0.05, 0.1) is 17.8 Å². The van der Waals surface area contributed by atoms with Gasteiger partial charge in [0.25, 0.3) is 0 Å². The number of thioether (sulfide) groups is 1. The number of nitrogens with zero attached hydrogens (tertiary/aromatic N) is 2. The number of aromatic nitrogens is 2. The van der Waals surface area contributed by atoms with E-state index in [1.165, 1.54) is 24.5 Å². The lowest BCUT2D eigenvalue weighted by atomic mass is 10.0. The van der Waals surface area contributed by atoms with Crippen LogP contribution in [0.2, 0.25) is 0 Å². The van der Waals surface area contributed by atoms with Gasteiger partial charge in [0.2, 0.25) is 0 Å². The standard InChI is InChI=1S/C20H15F2N3OS.CH4N2O/c1-27-11-12-4-6-23-18(8-12)25-19-9-15(17(22)10-24-19)13-2-3-16(21)14-5-7-26-20(13)14;2-1(3)4/h2-10H,11H2,1H3,(H,23,24,25);(H4,2,3,4). The van der Waals surface area contributed by atoms with Crippen LogP contribution in [0.4, 0.5) is 25.2 Å². The Kier molecular flexibility index (Phi) is 7.03. The molecule has 0 atom stereocenters. The number of benzene rings is 1. The number of amides is 2. The molecule has 0 radical (unpaired) electrons. The topological polar surface area (TPSA) is 120 Å². The fourth-order valence-corrected chi connectivity index (χ4v) is 3.40. The average molecular weight is 443 g/mol. The van der Waals surface area contributed by atoms with Gasteiger partial charge in [-0.15, -0.1) is 0 Å². The molecule has 0 saturated carbocycles. The first-order valence-corrected chi connectivity index (χ1v) is 10.4. The van der Waals surface area contributed by atoms with Gasteiger partial charge in [-0.2, -0.15) is 11.8 Å². The molecule has 7 nitrogen and oxygen atoms in total. The van der Waals surface area contributed by atoms with E-state index in [-0.39, 0.29) is 5.56 Å². The molecule has 10 heteroatoms. The number of nitrogens with one attached hydrogen (secondary N) is 1. The van der Waals surface area contributed by atoms with Crippen molar-refractivity contribution in [3.63, 3.8) is 0 Å². The Morgan fingerprint density at radius 3 is 2.55 bits per heavy atom. The van der Waals surface area contributed by atoms with Gasteiger partial charge >= 0.3 is 6.03 Å². The highest BCUT2D eigenvalue weighted by Crippen LogP contribution is 2.33. The zero-order valence-corrected chi connectivity index (χ0v) is 17.2. The molecule has 0 aliphatic carbocycles. The summed E-state index contributed by atoms with van der Waals surface area (Å²) >= 11 is 1.71. The number of rotatable bonds is 5. The van der Waals surface area contributed by atoms with Crippen LogP contribution in [0, 0.1) is 11.6 Å². The molecule has 160 valence electrons. The van der Waals surface area contributed by atoms with Crippen LogP contribution >= 0.6 is 11.8 Å². The normalized spacial score (nSPS) is 10.4. The lowest BCUT2D eigenvalue weighted by molar-refractivity contribution is 0.256. The summed E-state index contributed by atoms with van der Waals surface area (Å²) in [4.78, 5) is 17.4. The third kappa shape index (κ3) is 5.48. The Hall–Kier alpha value is -3.66. The summed E-state index contributed by atoms with van der Waals surface area (Å²) in [5.41, 5.74) is 10.7. The maximum Gasteiger partial charge on any atom is 0.309 e. The summed E-state index contributed by atoms with van der Waals surface area (Å²) in [5.74, 6) is 0.989. The average Bonchev–Trinajstić information content (AvgIpc) is 3.21. The fraction of sp³-hybridized carbons (Fsp3) is 0.0952. The van der Waals surface area contributed by atoms with Crippen LogP contribution in [0.1, 0.15) is 5.56 Å². The van der Waals surface area contributed by atoms with Gasteiger partial charge in [-0.3, -0.25) is 0 Å². The van der Waals surface area contributed by atoms with E-state index >= 15 is 0 Å². The molecule has 4 rings (SSSR count). The molecule has 3 heterocycles. The van der Waals surface area contributed by atoms with Crippen LogP contribution in [-0.4, -0.2) is 22.3 Å². The smallest absolute Gasteiger partial charge is 0.309 e. The molecule has 0 spiro atoms. The predicted octanol–water partition coefficient (Wildman–Crippen LogP) is 4.80. The van der Waals surface area contributed by atoms with E-state index in [1.54, 1.807) is 24.0 Å². The van der Waals surface area contributed by atoms with Gasteiger partial charge in [0, 0.05) is 23.1 Å². The molecule has 0 fully saturated rings. The first-order valence-electron chi connectivity index (χ1n) is 8.96. The second-order valence-electron chi connectivity index (χ2n) is 6.32. The molecular formula is C21H19F2N5O2S. The summed E-state index contributed by atoms with van der Waals surface area (Å²) in [7, 11) is 0. The molecule has 0 bridgehead atoms. The second kappa shape index (κ2) is 9.90. The molecule has 3 aromatic heterocycles. The zero-order valence-electron chi connectivity index (χ0n) is 16.4. The van der Waals surface area contributed by atoms with Crippen molar-refractivity contribution in [2.75, 3.05) is 11.6 Å². The summed E-state index contributed by atoms with van der Waals surface area (Å²) in [6, 6.07) is 8.91. The highest BCUT2D eigenvalue weighted by atomic mass is 32.2. The van der Waals surface area contributed by atoms with E-state index in [0.717, 1.165) is 17.5 Å². The highest BCUT2D eigenvalue weighted by molar-refractivity contribution is 7.97. The lowest BCUT2D eigenvalue weighted by Gasteiger charge is -2.10. The Balaban J connectivity index is 0.000000628. The van der Waals surface area contributed by atoms with Gasteiger partial charge in [0.1, 0.15) is 28.9 Å². The zero-order chi connectivity index (χ0) is 22.4. The van der Waals surface area contributed by atoms with Crippen LogP contribution in [0.25, 0.3) is 22.1 Å². The first-order chi connectivity index (χ1) is 14.9. The number of hydrogen-bond acceptors (Lipinski definition) is 6.